The number of halogens is 2. The van der Waals surface area contributed by atoms with Crippen molar-refractivity contribution < 1.29 is 9.18 Å². The summed E-state index contributed by atoms with van der Waals surface area (Å²) in [6.45, 7) is 1.89. The van der Waals surface area contributed by atoms with E-state index in [2.05, 4.69) is 10.7 Å². The van der Waals surface area contributed by atoms with Gasteiger partial charge in [0, 0.05) is 5.69 Å². The molecular formula is C14H13ClFN3O. The van der Waals surface area contributed by atoms with Crippen LogP contribution in [0, 0.1) is 12.7 Å². The Morgan fingerprint density at radius 1 is 1.25 bits per heavy atom. The van der Waals surface area contributed by atoms with Gasteiger partial charge in [0.1, 0.15) is 5.82 Å². The lowest BCUT2D eigenvalue weighted by Crippen LogP contribution is -2.17. The molecule has 0 saturated carbocycles. The van der Waals surface area contributed by atoms with Crippen molar-refractivity contribution in [3.63, 3.8) is 0 Å². The first-order chi connectivity index (χ1) is 9.51. The molecule has 0 aliphatic heterocycles. The van der Waals surface area contributed by atoms with Gasteiger partial charge < -0.3 is 10.7 Å². The zero-order chi connectivity index (χ0) is 14.7. The van der Waals surface area contributed by atoms with Gasteiger partial charge in [-0.15, -0.1) is 0 Å². The molecule has 6 heteroatoms. The molecule has 0 fully saturated rings. The third-order valence-electron chi connectivity index (χ3n) is 2.75. The Morgan fingerprint density at radius 3 is 2.65 bits per heavy atom. The highest BCUT2D eigenvalue weighted by Crippen LogP contribution is 2.21. The van der Waals surface area contributed by atoms with Crippen molar-refractivity contribution in [2.75, 3.05) is 10.7 Å². The first-order valence-corrected chi connectivity index (χ1v) is 6.22. The van der Waals surface area contributed by atoms with Crippen LogP contribution in [0.4, 0.5) is 15.8 Å². The van der Waals surface area contributed by atoms with Crippen LogP contribution >= 0.6 is 11.6 Å². The van der Waals surface area contributed by atoms with E-state index in [9.17, 15) is 9.18 Å². The number of rotatable bonds is 3. The zero-order valence-corrected chi connectivity index (χ0v) is 11.5. The number of amides is 1. The van der Waals surface area contributed by atoms with Crippen molar-refractivity contribution in [3.05, 3.63) is 58.4 Å². The molecule has 2 aromatic carbocycles. The van der Waals surface area contributed by atoms with Gasteiger partial charge in [0.05, 0.1) is 16.3 Å². The molecule has 0 radical (unpaired) electrons. The number of aryl methyl sites for hydroxylation is 1. The lowest BCUT2D eigenvalue weighted by Gasteiger charge is -2.10. The Bertz CT molecular complexity index is 661. The van der Waals surface area contributed by atoms with E-state index in [1.165, 1.54) is 12.1 Å². The SMILES string of the molecule is Cc1ccc(C(=O)Nc2ccc(Cl)c(F)c2)c(NN)c1. The van der Waals surface area contributed by atoms with Gasteiger partial charge >= 0.3 is 0 Å². The summed E-state index contributed by atoms with van der Waals surface area (Å²) in [5.41, 5.74) is 4.62. The number of benzene rings is 2. The summed E-state index contributed by atoms with van der Waals surface area (Å²) in [6.07, 6.45) is 0. The number of carbonyl (C=O) groups is 1. The van der Waals surface area contributed by atoms with Crippen LogP contribution in [0.5, 0.6) is 0 Å². The van der Waals surface area contributed by atoms with Crippen LogP contribution in [0.2, 0.25) is 5.02 Å². The van der Waals surface area contributed by atoms with E-state index >= 15 is 0 Å². The molecule has 0 heterocycles. The third kappa shape index (κ3) is 3.07. The first-order valence-electron chi connectivity index (χ1n) is 5.85. The van der Waals surface area contributed by atoms with Gasteiger partial charge in [-0.25, -0.2) is 4.39 Å². The van der Waals surface area contributed by atoms with E-state index < -0.39 is 5.82 Å². The van der Waals surface area contributed by atoms with Gasteiger partial charge in [-0.3, -0.25) is 10.6 Å². The molecule has 0 aliphatic carbocycles. The van der Waals surface area contributed by atoms with Crippen molar-refractivity contribution in [1.29, 1.82) is 0 Å². The third-order valence-corrected chi connectivity index (χ3v) is 3.06. The first kappa shape index (κ1) is 14.3. The van der Waals surface area contributed by atoms with E-state index in [1.54, 1.807) is 18.2 Å². The minimum atomic E-state index is -0.592. The van der Waals surface area contributed by atoms with E-state index in [4.69, 9.17) is 17.4 Å². The molecule has 2 aromatic rings. The lowest BCUT2D eigenvalue weighted by atomic mass is 10.1. The standard InChI is InChI=1S/C14H13ClFN3O/c1-8-2-4-10(13(6-8)19-17)14(20)18-9-3-5-11(15)12(16)7-9/h2-7,19H,17H2,1H3,(H,18,20). The van der Waals surface area contributed by atoms with Gasteiger partial charge in [-0.05, 0) is 42.8 Å². The molecular weight excluding hydrogens is 281 g/mol. The summed E-state index contributed by atoms with van der Waals surface area (Å²) in [4.78, 5) is 12.1. The Morgan fingerprint density at radius 2 is 2.00 bits per heavy atom. The predicted molar refractivity (Wildman–Crippen MR) is 78.4 cm³/mol. The highest BCUT2D eigenvalue weighted by atomic mass is 35.5. The largest absolute Gasteiger partial charge is 0.323 e. The topological polar surface area (TPSA) is 67.2 Å². The highest BCUT2D eigenvalue weighted by molar-refractivity contribution is 6.30. The van der Waals surface area contributed by atoms with E-state index in [-0.39, 0.29) is 10.9 Å². The van der Waals surface area contributed by atoms with Gasteiger partial charge in [-0.1, -0.05) is 17.7 Å². The highest BCUT2D eigenvalue weighted by Gasteiger charge is 2.12. The Kier molecular flexibility index (Phi) is 4.22. The zero-order valence-electron chi connectivity index (χ0n) is 10.7. The number of anilines is 2. The fraction of sp³-hybridized carbons (Fsp3) is 0.0714. The van der Waals surface area contributed by atoms with Crippen LogP contribution in [0.15, 0.2) is 36.4 Å². The Hall–Kier alpha value is -2.11. The summed E-state index contributed by atoms with van der Waals surface area (Å²) in [5, 5.41) is 2.59. The van der Waals surface area contributed by atoms with Crippen LogP contribution < -0.4 is 16.6 Å². The Balaban J connectivity index is 2.25. The smallest absolute Gasteiger partial charge is 0.257 e. The number of hydrogen-bond acceptors (Lipinski definition) is 3. The maximum atomic E-state index is 13.3. The normalized spacial score (nSPS) is 10.2. The van der Waals surface area contributed by atoms with Gasteiger partial charge in [0.2, 0.25) is 0 Å². The summed E-state index contributed by atoms with van der Waals surface area (Å²) < 4.78 is 13.3. The average molecular weight is 294 g/mol. The molecule has 0 bridgehead atoms. The average Bonchev–Trinajstić information content (AvgIpc) is 2.42. The summed E-state index contributed by atoms with van der Waals surface area (Å²) >= 11 is 5.59. The molecule has 0 aromatic heterocycles. The van der Waals surface area contributed by atoms with Crippen LogP contribution in [0.25, 0.3) is 0 Å². The van der Waals surface area contributed by atoms with Crippen LogP contribution in [-0.2, 0) is 0 Å². The molecule has 4 N–H and O–H groups in total. The van der Waals surface area contributed by atoms with Crippen molar-refractivity contribution in [3.8, 4) is 0 Å². The Labute approximate surface area is 120 Å². The maximum Gasteiger partial charge on any atom is 0.257 e. The maximum absolute atomic E-state index is 13.3. The van der Waals surface area contributed by atoms with Crippen LogP contribution in [0.1, 0.15) is 15.9 Å². The molecule has 104 valence electrons. The number of nitrogens with one attached hydrogen (secondary N) is 2. The molecule has 2 rings (SSSR count). The number of hydrazine groups is 1. The van der Waals surface area contributed by atoms with Crippen LogP contribution in [-0.4, -0.2) is 5.91 Å². The second-order valence-electron chi connectivity index (χ2n) is 4.28. The molecule has 0 unspecified atom stereocenters. The predicted octanol–water partition coefficient (Wildman–Crippen LogP) is 3.33. The van der Waals surface area contributed by atoms with Crippen LogP contribution in [0.3, 0.4) is 0 Å². The number of hydrogen-bond donors (Lipinski definition) is 3. The molecule has 0 aliphatic rings. The molecule has 20 heavy (non-hydrogen) atoms. The van der Waals surface area contributed by atoms with Crippen molar-refractivity contribution in [2.24, 2.45) is 5.84 Å². The summed E-state index contributed by atoms with van der Waals surface area (Å²) in [6, 6.07) is 9.24. The van der Waals surface area contributed by atoms with E-state index in [0.29, 0.717) is 16.9 Å². The van der Waals surface area contributed by atoms with Gasteiger partial charge in [0.15, 0.2) is 0 Å². The van der Waals surface area contributed by atoms with Crippen molar-refractivity contribution in [1.82, 2.24) is 0 Å². The van der Waals surface area contributed by atoms with Gasteiger partial charge in [0.25, 0.3) is 5.91 Å². The number of nitrogen functional groups attached to an aromatic ring is 1. The number of carbonyl (C=O) groups excluding carboxylic acids is 1. The summed E-state index contributed by atoms with van der Waals surface area (Å²) in [7, 11) is 0. The van der Waals surface area contributed by atoms with Crippen molar-refractivity contribution in [2.45, 2.75) is 6.92 Å². The molecule has 0 saturated heterocycles. The molecule has 0 spiro atoms. The minimum Gasteiger partial charge on any atom is -0.323 e. The van der Waals surface area contributed by atoms with E-state index in [1.807, 2.05) is 6.92 Å². The van der Waals surface area contributed by atoms with Crippen molar-refractivity contribution >= 4 is 28.9 Å². The van der Waals surface area contributed by atoms with E-state index in [0.717, 1.165) is 11.6 Å². The lowest BCUT2D eigenvalue weighted by molar-refractivity contribution is 0.102. The quantitative estimate of drug-likeness (QED) is 0.601. The van der Waals surface area contributed by atoms with Gasteiger partial charge in [-0.2, -0.15) is 0 Å². The minimum absolute atomic E-state index is 0.00245. The fourth-order valence-electron chi connectivity index (χ4n) is 1.75. The second kappa shape index (κ2) is 5.90. The molecule has 1 amide bonds. The fourth-order valence-corrected chi connectivity index (χ4v) is 1.87. The monoisotopic (exact) mass is 293 g/mol. The molecule has 4 nitrogen and oxygen atoms in total. The second-order valence-corrected chi connectivity index (χ2v) is 4.68. The molecule has 0 atom stereocenters. The number of nitrogens with two attached hydrogens (primary N) is 1. The summed E-state index contributed by atoms with van der Waals surface area (Å²) in [5.74, 6) is 4.41.